The van der Waals surface area contributed by atoms with Gasteiger partial charge in [0.25, 0.3) is 5.70 Å². The average Bonchev–Trinajstić information content (AvgIpc) is 4.12. The Kier molecular flexibility index (Phi) is 10.8. The van der Waals surface area contributed by atoms with Crippen LogP contribution in [-0.4, -0.2) is 43.3 Å². The molecule has 11 nitrogen and oxygen atoms in total. The molecule has 0 fully saturated rings. The molecule has 9 rings (SSSR count). The summed E-state index contributed by atoms with van der Waals surface area (Å²) in [7, 11) is 6.45. The predicted octanol–water partition coefficient (Wildman–Crippen LogP) is 10.2. The SMILES string of the molecule is COc1ccc(-c2c3nc(c(-c4ccc(OC)cc4)c4ccc([n-]4)c(-c4ccc(OC)cc4)c4ccc([n-]4)c(-c4ccc(OC)cc4)c4nc2C=C4[N+](=O)[O-])C=C3)cc1.[Ni+2]. The number of methoxy groups -OCH3 is 4. The molecule has 0 atom stereocenters. The summed E-state index contributed by atoms with van der Waals surface area (Å²) in [5, 5.41) is 13.1. The monoisotopic (exact) mass is 835 g/mol. The summed E-state index contributed by atoms with van der Waals surface area (Å²) in [6, 6.07) is 38.0. The molecule has 2 aliphatic heterocycles. The largest absolute Gasteiger partial charge is 2.00 e. The van der Waals surface area contributed by atoms with Gasteiger partial charge in [-0.15, -0.1) is 22.1 Å². The van der Waals surface area contributed by atoms with Crippen LogP contribution in [0.3, 0.4) is 0 Å². The summed E-state index contributed by atoms with van der Waals surface area (Å²) in [6.45, 7) is 0. The van der Waals surface area contributed by atoms with E-state index in [1.165, 1.54) is 6.08 Å². The van der Waals surface area contributed by atoms with Crippen LogP contribution in [0.5, 0.6) is 23.0 Å². The van der Waals surface area contributed by atoms with Crippen molar-refractivity contribution in [2.45, 2.75) is 0 Å². The third-order valence-electron chi connectivity index (χ3n) is 10.4. The van der Waals surface area contributed by atoms with Crippen LogP contribution in [0, 0.1) is 10.1 Å². The number of rotatable bonds is 9. The van der Waals surface area contributed by atoms with Crippen molar-refractivity contribution in [2.75, 3.05) is 28.4 Å². The molecular formula is C48H35N5NiO6. The summed E-state index contributed by atoms with van der Waals surface area (Å²) >= 11 is 0. The molecule has 60 heavy (non-hydrogen) atoms. The van der Waals surface area contributed by atoms with E-state index in [4.69, 9.17) is 38.9 Å². The van der Waals surface area contributed by atoms with Gasteiger partial charge in [-0.3, -0.25) is 10.1 Å². The molecule has 0 aliphatic carbocycles. The average molecular weight is 837 g/mol. The van der Waals surface area contributed by atoms with Crippen molar-refractivity contribution >= 4 is 46.0 Å². The maximum Gasteiger partial charge on any atom is 2.00 e. The van der Waals surface area contributed by atoms with E-state index in [2.05, 4.69) is 0 Å². The van der Waals surface area contributed by atoms with Crippen LogP contribution >= 0.6 is 0 Å². The van der Waals surface area contributed by atoms with Crippen molar-refractivity contribution in [3.8, 4) is 67.5 Å². The number of nitro groups is 1. The van der Waals surface area contributed by atoms with E-state index in [1.807, 2.05) is 133 Å². The van der Waals surface area contributed by atoms with E-state index in [9.17, 15) is 10.1 Å². The van der Waals surface area contributed by atoms with Crippen LogP contribution in [-0.2, 0) is 16.5 Å². The van der Waals surface area contributed by atoms with Gasteiger partial charge in [0, 0.05) is 11.6 Å². The van der Waals surface area contributed by atoms with Gasteiger partial charge in [0.05, 0.1) is 50.4 Å². The quantitative estimate of drug-likeness (QED) is 0.0786. The molecule has 298 valence electrons. The molecule has 0 unspecified atom stereocenters. The molecule has 7 aromatic rings. The molecule has 2 aliphatic rings. The minimum absolute atomic E-state index is 0. The normalized spacial score (nSPS) is 11.7. The van der Waals surface area contributed by atoms with Gasteiger partial charge >= 0.3 is 16.5 Å². The van der Waals surface area contributed by atoms with E-state index in [1.54, 1.807) is 28.4 Å². The Morgan fingerprint density at radius 3 is 1.22 bits per heavy atom. The Hall–Kier alpha value is -7.43. The molecule has 0 amide bonds. The van der Waals surface area contributed by atoms with Crippen molar-refractivity contribution in [3.63, 3.8) is 0 Å². The summed E-state index contributed by atoms with van der Waals surface area (Å²) < 4.78 is 21.9. The van der Waals surface area contributed by atoms with Crippen molar-refractivity contribution < 1.29 is 40.4 Å². The summed E-state index contributed by atoms with van der Waals surface area (Å²) in [5.41, 5.74) is 9.83. The molecule has 0 saturated heterocycles. The summed E-state index contributed by atoms with van der Waals surface area (Å²) in [6.07, 6.45) is 5.37. The van der Waals surface area contributed by atoms with Crippen LogP contribution in [0.1, 0.15) is 22.8 Å². The molecular weight excluding hydrogens is 801 g/mol. The Balaban J connectivity index is 0.00000499. The molecule has 0 radical (unpaired) electrons. The van der Waals surface area contributed by atoms with Gasteiger partial charge in [-0.25, -0.2) is 9.97 Å². The van der Waals surface area contributed by atoms with Crippen LogP contribution in [0.4, 0.5) is 0 Å². The number of benzene rings is 4. The van der Waals surface area contributed by atoms with Crippen molar-refractivity contribution in [1.82, 2.24) is 19.9 Å². The Labute approximate surface area is 355 Å². The van der Waals surface area contributed by atoms with E-state index in [-0.39, 0.29) is 27.9 Å². The van der Waals surface area contributed by atoms with Crippen molar-refractivity contribution in [1.29, 1.82) is 0 Å². The molecule has 0 spiro atoms. The first-order valence-corrected chi connectivity index (χ1v) is 18.7. The maximum atomic E-state index is 13.1. The van der Waals surface area contributed by atoms with Gasteiger partial charge in [-0.1, -0.05) is 72.8 Å². The van der Waals surface area contributed by atoms with Gasteiger partial charge in [0.2, 0.25) is 0 Å². The zero-order valence-electron chi connectivity index (χ0n) is 32.8. The standard InChI is InChI=1S/C48H35N5O6.Ni/c1-56-32-13-5-28(6-14-32)44-36-21-22-37(49-36)45(29-7-15-33(57-2)16-8-29)39-25-26-41(51-39)47(31-11-19-35(59-4)20-12-31)48-43(53(54)55)27-42(52-48)46(40-24-23-38(44)50-40)30-9-17-34(58-3)18-10-30;/h5-27H,1-4H3;/q-2;+2. The summed E-state index contributed by atoms with van der Waals surface area (Å²) in [5.74, 6) is 2.71. The topological polar surface area (TPSA) is 134 Å². The minimum Gasteiger partial charge on any atom is -0.657 e. The van der Waals surface area contributed by atoms with Gasteiger partial charge in [0.1, 0.15) is 28.7 Å². The molecule has 8 bridgehead atoms. The Morgan fingerprint density at radius 2 is 0.800 bits per heavy atom. The van der Waals surface area contributed by atoms with Gasteiger partial charge in [-0.05, 0) is 99.6 Å². The first-order chi connectivity index (χ1) is 28.8. The number of aromatic nitrogens is 4. The Bertz CT molecular complexity index is 2990. The van der Waals surface area contributed by atoms with E-state index in [0.29, 0.717) is 78.8 Å². The van der Waals surface area contributed by atoms with Crippen LogP contribution in [0.15, 0.2) is 121 Å². The van der Waals surface area contributed by atoms with Crippen molar-refractivity contribution in [3.05, 3.63) is 154 Å². The zero-order chi connectivity index (χ0) is 40.6. The second kappa shape index (κ2) is 16.4. The number of hydrogen-bond acceptors (Lipinski definition) is 8. The maximum absolute atomic E-state index is 13.1. The molecule has 0 N–H and O–H groups in total. The van der Waals surface area contributed by atoms with Crippen molar-refractivity contribution in [2.24, 2.45) is 0 Å². The Morgan fingerprint density at radius 1 is 0.450 bits per heavy atom. The first-order valence-electron chi connectivity index (χ1n) is 18.7. The minimum atomic E-state index is -0.400. The summed E-state index contributed by atoms with van der Waals surface area (Å²) in [4.78, 5) is 33.6. The smallest absolute Gasteiger partial charge is 0.657 e. The van der Waals surface area contributed by atoms with Gasteiger partial charge in [-0.2, -0.15) is 0 Å². The van der Waals surface area contributed by atoms with Crippen LogP contribution in [0.25, 0.3) is 90.5 Å². The van der Waals surface area contributed by atoms with E-state index >= 15 is 0 Å². The second-order valence-electron chi connectivity index (χ2n) is 13.7. The second-order valence-corrected chi connectivity index (χ2v) is 13.7. The first kappa shape index (κ1) is 39.4. The molecule has 3 aromatic heterocycles. The molecule has 12 heteroatoms. The zero-order valence-corrected chi connectivity index (χ0v) is 33.8. The third-order valence-corrected chi connectivity index (χ3v) is 10.4. The van der Waals surface area contributed by atoms with E-state index < -0.39 is 4.92 Å². The number of fused-ring (bicyclic) bond motifs is 8. The van der Waals surface area contributed by atoms with E-state index in [0.717, 1.165) is 27.8 Å². The fraction of sp³-hybridized carbons (Fsp3) is 0.0833. The third kappa shape index (κ3) is 7.18. The predicted molar refractivity (Wildman–Crippen MR) is 231 cm³/mol. The van der Waals surface area contributed by atoms with Crippen LogP contribution in [0.2, 0.25) is 0 Å². The molecule has 5 heterocycles. The number of nitrogens with zero attached hydrogens (tertiary/aromatic N) is 5. The fourth-order valence-corrected chi connectivity index (χ4v) is 7.50. The van der Waals surface area contributed by atoms with Crippen LogP contribution < -0.4 is 28.9 Å². The molecule has 0 saturated carbocycles. The fourth-order valence-electron chi connectivity index (χ4n) is 7.50. The van der Waals surface area contributed by atoms with Gasteiger partial charge in [0.15, 0.2) is 0 Å². The van der Waals surface area contributed by atoms with Gasteiger partial charge < -0.3 is 28.9 Å². The number of hydrogen-bond donors (Lipinski definition) is 0. The number of ether oxygens (including phenoxy) is 4. The molecule has 4 aromatic carbocycles.